The summed E-state index contributed by atoms with van der Waals surface area (Å²) in [5.41, 5.74) is -0.682. The summed E-state index contributed by atoms with van der Waals surface area (Å²) >= 11 is 5.91. The molecule has 0 aromatic heterocycles. The van der Waals surface area contributed by atoms with Gasteiger partial charge in [0.25, 0.3) is 11.6 Å². The summed E-state index contributed by atoms with van der Waals surface area (Å²) in [7, 11) is 0. The van der Waals surface area contributed by atoms with Gasteiger partial charge < -0.3 is 10.4 Å². The van der Waals surface area contributed by atoms with E-state index in [1.54, 1.807) is 6.92 Å². The standard InChI is InChI=1S/C13H15ClN2O4/c1-13(7-17,8-2-3-8)15-12(18)10-5-4-9(16(19)20)6-11(10)14/h4-6,8,17H,2-3,7H2,1H3,(H,15,18). The lowest BCUT2D eigenvalue weighted by Crippen LogP contribution is -2.50. The van der Waals surface area contributed by atoms with Crippen molar-refractivity contribution < 1.29 is 14.8 Å². The van der Waals surface area contributed by atoms with Gasteiger partial charge in [-0.1, -0.05) is 11.6 Å². The van der Waals surface area contributed by atoms with Crippen LogP contribution in [0.3, 0.4) is 0 Å². The fraction of sp³-hybridized carbons (Fsp3) is 0.462. The van der Waals surface area contributed by atoms with Crippen LogP contribution in [0.15, 0.2) is 18.2 Å². The maximum Gasteiger partial charge on any atom is 0.270 e. The second kappa shape index (κ2) is 5.38. The number of amides is 1. The highest BCUT2D eigenvalue weighted by Gasteiger charge is 2.42. The lowest BCUT2D eigenvalue weighted by Gasteiger charge is -2.28. The zero-order valence-corrected chi connectivity index (χ0v) is 11.7. The second-order valence-corrected chi connectivity index (χ2v) is 5.63. The van der Waals surface area contributed by atoms with Gasteiger partial charge in [0.05, 0.1) is 27.7 Å². The number of rotatable bonds is 5. The molecule has 1 aliphatic carbocycles. The summed E-state index contributed by atoms with van der Waals surface area (Å²) in [5.74, 6) is -0.179. The van der Waals surface area contributed by atoms with E-state index in [0.29, 0.717) is 0 Å². The van der Waals surface area contributed by atoms with Gasteiger partial charge in [-0.3, -0.25) is 14.9 Å². The smallest absolute Gasteiger partial charge is 0.270 e. The average Bonchev–Trinajstić information content (AvgIpc) is 3.22. The molecule has 0 radical (unpaired) electrons. The minimum absolute atomic E-state index is 0.0211. The number of halogens is 1. The number of nitrogens with one attached hydrogen (secondary N) is 1. The third-order valence-electron chi connectivity index (χ3n) is 3.61. The Labute approximate surface area is 120 Å². The van der Waals surface area contributed by atoms with Crippen molar-refractivity contribution in [2.45, 2.75) is 25.3 Å². The number of aliphatic hydroxyl groups is 1. The summed E-state index contributed by atoms with van der Waals surface area (Å²) in [6, 6.07) is 3.69. The Morgan fingerprint density at radius 2 is 2.25 bits per heavy atom. The first-order chi connectivity index (χ1) is 9.37. The lowest BCUT2D eigenvalue weighted by atomic mass is 9.96. The third kappa shape index (κ3) is 2.91. The predicted octanol–water partition coefficient (Wildman–Crippen LogP) is 2.14. The fourth-order valence-corrected chi connectivity index (χ4v) is 2.38. The maximum absolute atomic E-state index is 12.2. The molecule has 20 heavy (non-hydrogen) atoms. The molecule has 2 N–H and O–H groups in total. The molecular weight excluding hydrogens is 284 g/mol. The number of benzene rings is 1. The first-order valence-corrected chi connectivity index (χ1v) is 6.62. The van der Waals surface area contributed by atoms with Crippen molar-refractivity contribution in [1.82, 2.24) is 5.32 Å². The molecule has 0 spiro atoms. The van der Waals surface area contributed by atoms with Crippen molar-refractivity contribution in [3.63, 3.8) is 0 Å². The number of carbonyl (C=O) groups excluding carboxylic acids is 1. The Kier molecular flexibility index (Phi) is 3.96. The van der Waals surface area contributed by atoms with Crippen LogP contribution in [0.1, 0.15) is 30.1 Å². The van der Waals surface area contributed by atoms with E-state index in [2.05, 4.69) is 5.32 Å². The Bertz CT molecular complexity index is 559. The van der Waals surface area contributed by atoms with E-state index in [-0.39, 0.29) is 28.8 Å². The highest BCUT2D eigenvalue weighted by molar-refractivity contribution is 6.34. The van der Waals surface area contributed by atoms with Crippen LogP contribution in [-0.2, 0) is 0 Å². The van der Waals surface area contributed by atoms with Crippen LogP contribution < -0.4 is 5.32 Å². The summed E-state index contributed by atoms with van der Waals surface area (Å²) < 4.78 is 0. The Balaban J connectivity index is 2.19. The second-order valence-electron chi connectivity index (χ2n) is 5.23. The van der Waals surface area contributed by atoms with Gasteiger partial charge in [0.15, 0.2) is 0 Å². The molecule has 1 aromatic carbocycles. The molecule has 108 valence electrons. The number of nitrogens with zero attached hydrogens (tertiary/aromatic N) is 1. The van der Waals surface area contributed by atoms with Crippen molar-refractivity contribution in [3.8, 4) is 0 Å². The predicted molar refractivity (Wildman–Crippen MR) is 73.8 cm³/mol. The molecule has 1 aliphatic rings. The fourth-order valence-electron chi connectivity index (χ4n) is 2.12. The number of non-ortho nitro benzene ring substituents is 1. The first-order valence-electron chi connectivity index (χ1n) is 6.24. The van der Waals surface area contributed by atoms with E-state index < -0.39 is 16.4 Å². The van der Waals surface area contributed by atoms with Crippen LogP contribution in [-0.4, -0.2) is 28.1 Å². The quantitative estimate of drug-likeness (QED) is 0.643. The molecule has 1 amide bonds. The molecule has 6 nitrogen and oxygen atoms in total. The summed E-state index contributed by atoms with van der Waals surface area (Å²) in [6.45, 7) is 1.62. The summed E-state index contributed by atoms with van der Waals surface area (Å²) in [4.78, 5) is 22.2. The number of nitro groups is 1. The lowest BCUT2D eigenvalue weighted by molar-refractivity contribution is -0.384. The molecule has 0 bridgehead atoms. The number of carbonyl (C=O) groups is 1. The SMILES string of the molecule is CC(CO)(NC(=O)c1ccc([N+](=O)[O-])cc1Cl)C1CC1. The van der Waals surface area contributed by atoms with Crippen molar-refractivity contribution >= 4 is 23.2 Å². The molecule has 1 atom stereocenters. The third-order valence-corrected chi connectivity index (χ3v) is 3.93. The Morgan fingerprint density at radius 1 is 1.60 bits per heavy atom. The zero-order chi connectivity index (χ0) is 14.9. The molecule has 1 aromatic rings. The first kappa shape index (κ1) is 14.7. The van der Waals surface area contributed by atoms with Crippen molar-refractivity contribution in [1.29, 1.82) is 0 Å². The zero-order valence-electron chi connectivity index (χ0n) is 10.9. The summed E-state index contributed by atoms with van der Waals surface area (Å²) in [5, 5.41) is 22.8. The number of aliphatic hydroxyl groups excluding tert-OH is 1. The normalized spacial score (nSPS) is 17.4. The van der Waals surface area contributed by atoms with Gasteiger partial charge >= 0.3 is 0 Å². The van der Waals surface area contributed by atoms with Gasteiger partial charge in [-0.25, -0.2) is 0 Å². The van der Waals surface area contributed by atoms with Crippen molar-refractivity contribution in [3.05, 3.63) is 38.9 Å². The topological polar surface area (TPSA) is 92.5 Å². The molecule has 7 heteroatoms. The van der Waals surface area contributed by atoms with Crippen LogP contribution in [0, 0.1) is 16.0 Å². The van der Waals surface area contributed by atoms with E-state index in [1.807, 2.05) is 0 Å². The summed E-state index contributed by atoms with van der Waals surface area (Å²) in [6.07, 6.45) is 1.93. The highest BCUT2D eigenvalue weighted by atomic mass is 35.5. The minimum Gasteiger partial charge on any atom is -0.394 e. The van der Waals surface area contributed by atoms with Gasteiger partial charge in [0, 0.05) is 12.1 Å². The molecule has 1 fully saturated rings. The van der Waals surface area contributed by atoms with Crippen molar-refractivity contribution in [2.24, 2.45) is 5.92 Å². The van der Waals surface area contributed by atoms with E-state index in [1.165, 1.54) is 12.1 Å². The molecule has 0 aliphatic heterocycles. The van der Waals surface area contributed by atoms with Crippen LogP contribution in [0.5, 0.6) is 0 Å². The van der Waals surface area contributed by atoms with Gasteiger partial charge in [-0.15, -0.1) is 0 Å². The highest BCUT2D eigenvalue weighted by Crippen LogP contribution is 2.39. The van der Waals surface area contributed by atoms with Crippen LogP contribution in [0.2, 0.25) is 5.02 Å². The molecule has 0 saturated heterocycles. The molecule has 2 rings (SSSR count). The van der Waals surface area contributed by atoms with Gasteiger partial charge in [-0.05, 0) is 31.7 Å². The van der Waals surface area contributed by atoms with Crippen LogP contribution in [0.4, 0.5) is 5.69 Å². The van der Waals surface area contributed by atoms with E-state index in [4.69, 9.17) is 11.6 Å². The molecule has 1 unspecified atom stereocenters. The molecule has 1 saturated carbocycles. The van der Waals surface area contributed by atoms with Gasteiger partial charge in [0.2, 0.25) is 0 Å². The largest absolute Gasteiger partial charge is 0.394 e. The maximum atomic E-state index is 12.2. The monoisotopic (exact) mass is 298 g/mol. The van der Waals surface area contributed by atoms with Crippen LogP contribution in [0.25, 0.3) is 0 Å². The van der Waals surface area contributed by atoms with Gasteiger partial charge in [-0.2, -0.15) is 0 Å². The van der Waals surface area contributed by atoms with E-state index in [0.717, 1.165) is 18.9 Å². The Morgan fingerprint density at radius 3 is 2.70 bits per heavy atom. The van der Waals surface area contributed by atoms with E-state index >= 15 is 0 Å². The molecule has 0 heterocycles. The van der Waals surface area contributed by atoms with E-state index in [9.17, 15) is 20.0 Å². The van der Waals surface area contributed by atoms with Crippen LogP contribution >= 0.6 is 11.6 Å². The number of hydrogen-bond acceptors (Lipinski definition) is 4. The average molecular weight is 299 g/mol. The Hall–Kier alpha value is -1.66. The molecular formula is C13H15ClN2O4. The number of hydrogen-bond donors (Lipinski definition) is 2. The van der Waals surface area contributed by atoms with Crippen molar-refractivity contribution in [2.75, 3.05) is 6.61 Å². The minimum atomic E-state index is -0.678. The number of nitro benzene ring substituents is 1. The van der Waals surface area contributed by atoms with Gasteiger partial charge in [0.1, 0.15) is 0 Å².